The quantitative estimate of drug-likeness (QED) is 0.774. The Balaban J connectivity index is 2.62. The molecule has 17 heavy (non-hydrogen) atoms. The number of nitrogens with two attached hydrogens (primary N) is 1. The topological polar surface area (TPSA) is 75.8 Å². The first-order valence-electron chi connectivity index (χ1n) is 4.35. The number of hydrogen-bond acceptors (Lipinski definition) is 4. The van der Waals surface area contributed by atoms with Gasteiger partial charge in [0.2, 0.25) is 17.5 Å². The normalized spacial score (nSPS) is 10.2. The Morgan fingerprint density at radius 1 is 1.24 bits per heavy atom. The molecule has 0 bridgehead atoms. The highest BCUT2D eigenvalue weighted by Gasteiger charge is 2.20. The second-order valence-corrected chi connectivity index (χ2v) is 3.07. The maximum atomic E-state index is 13.4. The van der Waals surface area contributed by atoms with Crippen LogP contribution in [0.3, 0.4) is 0 Å². The van der Waals surface area contributed by atoms with Crippen LogP contribution in [0.2, 0.25) is 0 Å². The van der Waals surface area contributed by atoms with E-state index in [9.17, 15) is 13.2 Å². The van der Waals surface area contributed by atoms with Gasteiger partial charge in [0.25, 0.3) is 0 Å². The van der Waals surface area contributed by atoms with E-state index in [0.29, 0.717) is 0 Å². The predicted octanol–water partition coefficient (Wildman–Crippen LogP) is 2.21. The second kappa shape index (κ2) is 3.83. The minimum atomic E-state index is -1.64. The highest BCUT2D eigenvalue weighted by Crippen LogP contribution is 2.27. The van der Waals surface area contributed by atoms with Gasteiger partial charge in [-0.1, -0.05) is 0 Å². The molecule has 0 saturated heterocycles. The molecule has 0 unspecified atom stereocenters. The van der Waals surface area contributed by atoms with Gasteiger partial charge in [-0.25, -0.2) is 13.2 Å². The third-order valence-electron chi connectivity index (χ3n) is 2.02. The maximum absolute atomic E-state index is 13.4. The Bertz CT molecular complexity index is 630. The van der Waals surface area contributed by atoms with Gasteiger partial charge in [-0.3, -0.25) is 0 Å². The van der Waals surface area contributed by atoms with Crippen LogP contribution in [-0.2, 0) is 0 Å². The molecule has 0 aliphatic carbocycles. The van der Waals surface area contributed by atoms with Gasteiger partial charge in [0.1, 0.15) is 6.07 Å². The van der Waals surface area contributed by atoms with Crippen LogP contribution in [0.4, 0.5) is 19.1 Å². The van der Waals surface area contributed by atoms with E-state index in [0.717, 1.165) is 12.1 Å². The Labute approximate surface area is 93.1 Å². The summed E-state index contributed by atoms with van der Waals surface area (Å²) in [4.78, 5) is 3.55. The van der Waals surface area contributed by atoms with Crippen molar-refractivity contribution in [1.29, 1.82) is 5.26 Å². The molecule has 1 aromatic carbocycles. The number of anilines is 1. The summed E-state index contributed by atoms with van der Waals surface area (Å²) in [5.74, 6) is -5.11. The first-order chi connectivity index (χ1) is 8.04. The standard InChI is InChI=1S/C10H4F3N3O/c11-5-2-1-4(7(12)8(5)13)10-16-6(3-14)9(15)17-10/h1-2H,15H2. The van der Waals surface area contributed by atoms with Crippen LogP contribution in [0.25, 0.3) is 11.5 Å². The molecule has 0 aliphatic rings. The fraction of sp³-hybridized carbons (Fsp3) is 0. The van der Waals surface area contributed by atoms with E-state index in [1.807, 2.05) is 0 Å². The summed E-state index contributed by atoms with van der Waals surface area (Å²) in [6.07, 6.45) is 0. The van der Waals surface area contributed by atoms with Gasteiger partial charge in [-0.2, -0.15) is 10.2 Å². The van der Waals surface area contributed by atoms with Crippen molar-refractivity contribution in [2.24, 2.45) is 0 Å². The predicted molar refractivity (Wildman–Crippen MR) is 50.9 cm³/mol. The largest absolute Gasteiger partial charge is 0.419 e. The smallest absolute Gasteiger partial charge is 0.233 e. The molecule has 0 saturated carbocycles. The number of hydrogen-bond donors (Lipinski definition) is 1. The third kappa shape index (κ3) is 1.69. The fourth-order valence-electron chi connectivity index (χ4n) is 1.22. The lowest BCUT2D eigenvalue weighted by molar-refractivity contribution is 0.446. The third-order valence-corrected chi connectivity index (χ3v) is 2.02. The number of halogens is 3. The molecule has 7 heteroatoms. The molecule has 0 spiro atoms. The number of nitriles is 1. The number of oxazole rings is 1. The summed E-state index contributed by atoms with van der Waals surface area (Å²) in [6, 6.07) is 3.28. The van der Waals surface area contributed by atoms with Crippen LogP contribution >= 0.6 is 0 Å². The average Bonchev–Trinajstić information content (AvgIpc) is 2.67. The van der Waals surface area contributed by atoms with Crippen molar-refractivity contribution in [3.63, 3.8) is 0 Å². The van der Waals surface area contributed by atoms with Crippen molar-refractivity contribution < 1.29 is 17.6 Å². The molecule has 0 radical (unpaired) electrons. The maximum Gasteiger partial charge on any atom is 0.233 e. The summed E-state index contributed by atoms with van der Waals surface area (Å²) in [7, 11) is 0. The van der Waals surface area contributed by atoms with Crippen LogP contribution in [0.15, 0.2) is 16.5 Å². The van der Waals surface area contributed by atoms with Crippen LogP contribution in [0.5, 0.6) is 0 Å². The van der Waals surface area contributed by atoms with Crippen molar-refractivity contribution in [3.8, 4) is 17.5 Å². The van der Waals surface area contributed by atoms with Gasteiger partial charge in [-0.15, -0.1) is 0 Å². The molecule has 4 nitrogen and oxygen atoms in total. The highest BCUT2D eigenvalue weighted by molar-refractivity contribution is 5.58. The first-order valence-corrected chi connectivity index (χ1v) is 4.35. The number of aromatic nitrogens is 1. The SMILES string of the molecule is N#Cc1nc(-c2ccc(F)c(F)c2F)oc1N. The minimum Gasteiger partial charge on any atom is -0.419 e. The Morgan fingerprint density at radius 3 is 2.53 bits per heavy atom. The van der Waals surface area contributed by atoms with Gasteiger partial charge in [-0.05, 0) is 12.1 Å². The van der Waals surface area contributed by atoms with Crippen LogP contribution < -0.4 is 5.73 Å². The minimum absolute atomic E-state index is 0.246. The molecular formula is C10H4F3N3O. The molecule has 1 heterocycles. The molecule has 1 aromatic heterocycles. The van der Waals surface area contributed by atoms with Gasteiger partial charge >= 0.3 is 0 Å². The first kappa shape index (κ1) is 11.0. The lowest BCUT2D eigenvalue weighted by Crippen LogP contribution is -1.94. The van der Waals surface area contributed by atoms with E-state index >= 15 is 0 Å². The fourth-order valence-corrected chi connectivity index (χ4v) is 1.22. The van der Waals surface area contributed by atoms with E-state index < -0.39 is 23.0 Å². The van der Waals surface area contributed by atoms with E-state index in [2.05, 4.69) is 4.98 Å². The molecule has 0 aliphatic heterocycles. The van der Waals surface area contributed by atoms with E-state index in [4.69, 9.17) is 15.4 Å². The molecule has 0 atom stereocenters. The van der Waals surface area contributed by atoms with Crippen molar-refractivity contribution in [2.75, 3.05) is 5.73 Å². The summed E-state index contributed by atoms with van der Waals surface area (Å²) in [6.45, 7) is 0. The summed E-state index contributed by atoms with van der Waals surface area (Å²) in [5.41, 5.74) is 4.61. The zero-order chi connectivity index (χ0) is 12.6. The van der Waals surface area contributed by atoms with E-state index in [-0.39, 0.29) is 17.5 Å². The van der Waals surface area contributed by atoms with Crippen LogP contribution in [0.1, 0.15) is 5.69 Å². The molecule has 0 amide bonds. The number of rotatable bonds is 1. The van der Waals surface area contributed by atoms with Crippen LogP contribution in [-0.4, -0.2) is 4.98 Å². The molecule has 0 fully saturated rings. The average molecular weight is 239 g/mol. The zero-order valence-electron chi connectivity index (χ0n) is 8.17. The van der Waals surface area contributed by atoms with Crippen molar-refractivity contribution >= 4 is 5.88 Å². The van der Waals surface area contributed by atoms with Gasteiger partial charge in [0.15, 0.2) is 17.5 Å². The van der Waals surface area contributed by atoms with Gasteiger partial charge in [0, 0.05) is 0 Å². The Hall–Kier alpha value is -2.49. The van der Waals surface area contributed by atoms with Crippen molar-refractivity contribution in [1.82, 2.24) is 4.98 Å². The summed E-state index contributed by atoms with van der Waals surface area (Å²) >= 11 is 0. The van der Waals surface area contributed by atoms with Crippen molar-refractivity contribution in [2.45, 2.75) is 0 Å². The van der Waals surface area contributed by atoms with E-state index in [1.54, 1.807) is 6.07 Å². The Kier molecular flexibility index (Phi) is 2.48. The van der Waals surface area contributed by atoms with Gasteiger partial charge in [0.05, 0.1) is 5.56 Å². The molecule has 86 valence electrons. The van der Waals surface area contributed by atoms with Crippen LogP contribution in [0, 0.1) is 28.8 Å². The molecule has 2 aromatic rings. The molecule has 2 rings (SSSR count). The number of nitrogens with zero attached hydrogens (tertiary/aromatic N) is 2. The lowest BCUT2D eigenvalue weighted by atomic mass is 10.2. The summed E-state index contributed by atoms with van der Waals surface area (Å²) in [5, 5.41) is 8.57. The van der Waals surface area contributed by atoms with Gasteiger partial charge < -0.3 is 10.2 Å². The highest BCUT2D eigenvalue weighted by atomic mass is 19.2. The van der Waals surface area contributed by atoms with Crippen molar-refractivity contribution in [3.05, 3.63) is 35.3 Å². The van der Waals surface area contributed by atoms with E-state index in [1.165, 1.54) is 0 Å². The molecular weight excluding hydrogens is 235 g/mol. The summed E-state index contributed by atoms with van der Waals surface area (Å²) < 4.78 is 43.8. The lowest BCUT2D eigenvalue weighted by Gasteiger charge is -1.99. The molecule has 2 N–H and O–H groups in total. The Morgan fingerprint density at radius 2 is 1.94 bits per heavy atom. The number of benzene rings is 1. The monoisotopic (exact) mass is 239 g/mol. The number of nitrogen functional groups attached to an aromatic ring is 1. The second-order valence-electron chi connectivity index (χ2n) is 3.07. The zero-order valence-corrected chi connectivity index (χ0v) is 8.17.